The van der Waals surface area contributed by atoms with Crippen molar-refractivity contribution < 1.29 is 4.74 Å². The number of likely N-dealkylation sites (N-methyl/N-ethyl adjacent to an activating group) is 1. The van der Waals surface area contributed by atoms with Crippen molar-refractivity contribution in [1.29, 1.82) is 0 Å². The predicted molar refractivity (Wildman–Crippen MR) is 198 cm³/mol. The lowest BCUT2D eigenvalue weighted by Crippen LogP contribution is -2.44. The van der Waals surface area contributed by atoms with E-state index in [2.05, 4.69) is 110 Å². The van der Waals surface area contributed by atoms with Crippen LogP contribution in [0.15, 0.2) is 65.6 Å². The first-order chi connectivity index (χ1) is 22.5. The molecule has 5 rings (SSSR count). The van der Waals surface area contributed by atoms with E-state index in [1.165, 1.54) is 5.56 Å². The normalized spacial score (nSPS) is 14.1. The number of hydrogen-bond acceptors (Lipinski definition) is 7. The van der Waals surface area contributed by atoms with Gasteiger partial charge < -0.3 is 19.9 Å². The third kappa shape index (κ3) is 7.55. The van der Waals surface area contributed by atoms with E-state index in [1.54, 1.807) is 23.9 Å². The van der Waals surface area contributed by atoms with Gasteiger partial charge in [-0.15, -0.1) is 5.54 Å². The Bertz CT molecular complexity index is 1780. The molecule has 4 aromatic rings. The molecule has 0 atom stereocenters. The SMILES string of the molecule is CC(C)[Si](C#Cc1cc(=O)n(C)c2nc(Nc3ccc(N4CCN(C)CC4)c(OCCc4ccccc4)c3)ncc12)(C(C)C)C(C)C. The van der Waals surface area contributed by atoms with Crippen molar-refractivity contribution in [2.45, 2.75) is 64.6 Å². The minimum atomic E-state index is -1.99. The summed E-state index contributed by atoms with van der Waals surface area (Å²) in [6.07, 6.45) is 2.61. The average molecular weight is 651 g/mol. The first-order valence-electron chi connectivity index (χ1n) is 16.9. The van der Waals surface area contributed by atoms with E-state index >= 15 is 0 Å². The van der Waals surface area contributed by atoms with E-state index in [0.29, 0.717) is 40.4 Å². The van der Waals surface area contributed by atoms with Crippen LogP contribution in [0.4, 0.5) is 17.3 Å². The summed E-state index contributed by atoms with van der Waals surface area (Å²) in [4.78, 5) is 27.4. The third-order valence-corrected chi connectivity index (χ3v) is 16.1. The number of aryl methyl sites for hydroxylation is 1. The molecular weight excluding hydrogens is 601 g/mol. The molecule has 1 fully saturated rings. The maximum absolute atomic E-state index is 13.1. The molecule has 0 bridgehead atoms. The zero-order valence-electron chi connectivity index (χ0n) is 29.3. The fourth-order valence-corrected chi connectivity index (χ4v) is 12.3. The number of anilines is 3. The molecule has 0 amide bonds. The van der Waals surface area contributed by atoms with Crippen LogP contribution in [0.1, 0.15) is 52.7 Å². The molecule has 0 unspecified atom stereocenters. The Morgan fingerprint density at radius 1 is 0.915 bits per heavy atom. The molecule has 0 aliphatic carbocycles. The molecule has 8 nitrogen and oxygen atoms in total. The van der Waals surface area contributed by atoms with Crippen LogP contribution in [0.2, 0.25) is 16.6 Å². The monoisotopic (exact) mass is 650 g/mol. The average Bonchev–Trinajstić information content (AvgIpc) is 3.04. The maximum atomic E-state index is 13.1. The van der Waals surface area contributed by atoms with E-state index in [4.69, 9.17) is 9.72 Å². The van der Waals surface area contributed by atoms with Crippen molar-refractivity contribution >= 4 is 36.4 Å². The number of benzene rings is 2. The van der Waals surface area contributed by atoms with E-state index in [0.717, 1.165) is 55.1 Å². The van der Waals surface area contributed by atoms with Gasteiger partial charge in [-0.1, -0.05) is 77.8 Å². The number of aromatic nitrogens is 3. The number of fused-ring (bicyclic) bond motifs is 1. The van der Waals surface area contributed by atoms with Gasteiger partial charge in [-0.3, -0.25) is 9.36 Å². The van der Waals surface area contributed by atoms with Gasteiger partial charge in [0.1, 0.15) is 19.5 Å². The molecule has 248 valence electrons. The van der Waals surface area contributed by atoms with Crippen molar-refractivity contribution in [2.24, 2.45) is 7.05 Å². The van der Waals surface area contributed by atoms with Crippen LogP contribution in [-0.4, -0.2) is 67.3 Å². The summed E-state index contributed by atoms with van der Waals surface area (Å²) in [5.74, 6) is 4.70. The number of pyridine rings is 1. The highest BCUT2D eigenvalue weighted by molar-refractivity contribution is 6.90. The van der Waals surface area contributed by atoms with Gasteiger partial charge in [0.25, 0.3) is 5.56 Å². The number of nitrogens with zero attached hydrogens (tertiary/aromatic N) is 5. The maximum Gasteiger partial charge on any atom is 0.253 e. The minimum absolute atomic E-state index is 0.136. The summed E-state index contributed by atoms with van der Waals surface area (Å²) in [6, 6.07) is 18.2. The third-order valence-electron chi connectivity index (χ3n) is 9.81. The van der Waals surface area contributed by atoms with Gasteiger partial charge in [-0.05, 0) is 41.4 Å². The summed E-state index contributed by atoms with van der Waals surface area (Å²) in [6.45, 7) is 18.2. The highest BCUT2D eigenvalue weighted by Crippen LogP contribution is 2.41. The van der Waals surface area contributed by atoms with Crippen LogP contribution >= 0.6 is 0 Å². The van der Waals surface area contributed by atoms with Gasteiger partial charge in [0.05, 0.1) is 17.7 Å². The molecule has 9 heteroatoms. The van der Waals surface area contributed by atoms with Gasteiger partial charge in [0, 0.05) is 69.2 Å². The zero-order valence-corrected chi connectivity index (χ0v) is 30.3. The Labute approximate surface area is 281 Å². The van der Waals surface area contributed by atoms with Crippen molar-refractivity contribution in [3.8, 4) is 17.2 Å². The van der Waals surface area contributed by atoms with E-state index in [1.807, 2.05) is 18.2 Å². The molecule has 47 heavy (non-hydrogen) atoms. The standard InChI is InChI=1S/C38H50N6O2Si/c1-27(2)47(28(3)4,29(5)6)23-17-31-24-36(45)43(8)37-33(31)26-39-38(41-37)40-32-14-15-34(44-20-18-42(7)19-21-44)35(25-32)46-22-16-30-12-10-9-11-13-30/h9-15,24-29H,16,18-22H2,1-8H3,(H,39,40,41). The van der Waals surface area contributed by atoms with Gasteiger partial charge in [0.2, 0.25) is 5.95 Å². The van der Waals surface area contributed by atoms with Crippen LogP contribution in [0, 0.1) is 11.5 Å². The molecule has 1 N–H and O–H groups in total. The summed E-state index contributed by atoms with van der Waals surface area (Å²) in [7, 11) is 1.92. The molecule has 3 heterocycles. The lowest BCUT2D eigenvalue weighted by Gasteiger charge is -2.38. The Morgan fingerprint density at radius 2 is 1.60 bits per heavy atom. The summed E-state index contributed by atoms with van der Waals surface area (Å²) >= 11 is 0. The van der Waals surface area contributed by atoms with Gasteiger partial charge >= 0.3 is 0 Å². The Kier molecular flexibility index (Phi) is 10.7. The van der Waals surface area contributed by atoms with E-state index in [-0.39, 0.29) is 5.56 Å². The fourth-order valence-electron chi connectivity index (χ4n) is 7.06. The Hall–Kier alpha value is -4.13. The zero-order chi connectivity index (χ0) is 33.7. The van der Waals surface area contributed by atoms with Crippen molar-refractivity contribution in [1.82, 2.24) is 19.4 Å². The Balaban J connectivity index is 1.46. The number of piperazine rings is 1. The van der Waals surface area contributed by atoms with Gasteiger partial charge in [0.15, 0.2) is 0 Å². The molecule has 1 aliphatic heterocycles. The second-order valence-electron chi connectivity index (χ2n) is 13.7. The Morgan fingerprint density at radius 3 is 2.26 bits per heavy atom. The first kappa shape index (κ1) is 34.2. The van der Waals surface area contributed by atoms with Crippen LogP contribution < -0.4 is 20.5 Å². The molecule has 1 saturated heterocycles. The molecule has 0 radical (unpaired) electrons. The molecule has 2 aromatic carbocycles. The van der Waals surface area contributed by atoms with Crippen molar-refractivity contribution in [3.63, 3.8) is 0 Å². The first-order valence-corrected chi connectivity index (χ1v) is 19.1. The largest absolute Gasteiger partial charge is 0.491 e. The molecule has 1 aliphatic rings. The number of hydrogen-bond donors (Lipinski definition) is 1. The summed E-state index contributed by atoms with van der Waals surface area (Å²) in [5.41, 5.74) is 9.51. The van der Waals surface area contributed by atoms with Crippen LogP contribution in [0.3, 0.4) is 0 Å². The molecular formula is C38H50N6O2Si. The quantitative estimate of drug-likeness (QED) is 0.146. The van der Waals surface area contributed by atoms with Crippen LogP contribution in [0.25, 0.3) is 11.0 Å². The predicted octanol–water partition coefficient (Wildman–Crippen LogP) is 7.01. The second kappa shape index (κ2) is 14.7. The second-order valence-corrected chi connectivity index (χ2v) is 19.3. The summed E-state index contributed by atoms with van der Waals surface area (Å²) < 4.78 is 8.00. The van der Waals surface area contributed by atoms with Gasteiger partial charge in [-0.2, -0.15) is 4.98 Å². The molecule has 0 spiro atoms. The highest BCUT2D eigenvalue weighted by Gasteiger charge is 2.41. The smallest absolute Gasteiger partial charge is 0.253 e. The van der Waals surface area contributed by atoms with Crippen molar-refractivity contribution in [2.75, 3.05) is 50.1 Å². The molecule has 2 aromatic heterocycles. The lowest BCUT2D eigenvalue weighted by molar-refractivity contribution is 0.303. The van der Waals surface area contributed by atoms with Crippen LogP contribution in [-0.2, 0) is 13.5 Å². The highest BCUT2D eigenvalue weighted by atomic mass is 28.3. The summed E-state index contributed by atoms with van der Waals surface area (Å²) in [5, 5.41) is 4.15. The van der Waals surface area contributed by atoms with Crippen LogP contribution in [0.5, 0.6) is 5.75 Å². The number of rotatable bonds is 10. The number of nitrogens with one attached hydrogen (secondary N) is 1. The fraction of sp³-hybridized carbons (Fsp3) is 0.447. The van der Waals surface area contributed by atoms with Gasteiger partial charge in [-0.25, -0.2) is 4.98 Å². The topological polar surface area (TPSA) is 75.5 Å². The number of ether oxygens (including phenoxy) is 1. The van der Waals surface area contributed by atoms with Crippen molar-refractivity contribution in [3.05, 3.63) is 82.3 Å². The van der Waals surface area contributed by atoms with E-state index < -0.39 is 8.07 Å². The lowest BCUT2D eigenvalue weighted by atomic mass is 10.1. The molecule has 0 saturated carbocycles. The minimum Gasteiger partial charge on any atom is -0.491 e. The van der Waals surface area contributed by atoms with E-state index in [9.17, 15) is 4.79 Å².